The van der Waals surface area contributed by atoms with Crippen molar-refractivity contribution in [2.75, 3.05) is 0 Å². The Morgan fingerprint density at radius 2 is 1.04 bits per heavy atom. The lowest BCUT2D eigenvalue weighted by molar-refractivity contribution is -0.275. The Bertz CT molecular complexity index is 611. The first kappa shape index (κ1) is 17.3. The first-order valence-corrected chi connectivity index (χ1v) is 6.82. The summed E-state index contributed by atoms with van der Waals surface area (Å²) in [7, 11) is 0. The Morgan fingerprint density at radius 3 is 1.39 bits per heavy atom. The van der Waals surface area contributed by atoms with E-state index in [1.165, 1.54) is 24.3 Å². The van der Waals surface area contributed by atoms with Gasteiger partial charge in [0.15, 0.2) is 0 Å². The fourth-order valence-electron chi connectivity index (χ4n) is 1.61. The van der Waals surface area contributed by atoms with Gasteiger partial charge >= 0.3 is 12.7 Å². The molecule has 2 nitrogen and oxygen atoms in total. The number of halogens is 6. The van der Waals surface area contributed by atoms with Gasteiger partial charge < -0.3 is 9.47 Å². The van der Waals surface area contributed by atoms with Gasteiger partial charge in [0.2, 0.25) is 0 Å². The molecule has 0 saturated heterocycles. The van der Waals surface area contributed by atoms with E-state index in [2.05, 4.69) is 9.47 Å². The van der Waals surface area contributed by atoms with Crippen molar-refractivity contribution < 1.29 is 35.8 Å². The van der Waals surface area contributed by atoms with E-state index in [0.29, 0.717) is 9.79 Å². The van der Waals surface area contributed by atoms with Crippen molar-refractivity contribution in [1.29, 1.82) is 0 Å². The summed E-state index contributed by atoms with van der Waals surface area (Å²) in [4.78, 5) is 0.742. The standard InChI is InChI=1S/C14H8F6O2S/c15-13(16,17)21-9-3-1-5-11(7-9)23-12-6-2-4-10(8-12)22-14(18,19)20/h1-8H. The van der Waals surface area contributed by atoms with Crippen LogP contribution in [0.5, 0.6) is 11.5 Å². The van der Waals surface area contributed by atoms with Gasteiger partial charge in [-0.3, -0.25) is 0 Å². The Morgan fingerprint density at radius 1 is 0.652 bits per heavy atom. The van der Waals surface area contributed by atoms with Crippen LogP contribution in [0.4, 0.5) is 26.3 Å². The molecule has 2 aromatic carbocycles. The molecule has 2 rings (SSSR count). The van der Waals surface area contributed by atoms with E-state index in [-0.39, 0.29) is 0 Å². The first-order valence-electron chi connectivity index (χ1n) is 6.00. The van der Waals surface area contributed by atoms with Crippen molar-refractivity contribution in [1.82, 2.24) is 0 Å². The predicted octanol–water partition coefficient (Wildman–Crippen LogP) is 5.64. The second-order valence-electron chi connectivity index (χ2n) is 4.15. The van der Waals surface area contributed by atoms with Crippen molar-refractivity contribution in [3.63, 3.8) is 0 Å². The fraction of sp³-hybridized carbons (Fsp3) is 0.143. The summed E-state index contributed by atoms with van der Waals surface area (Å²) in [5.41, 5.74) is 0. The molecule has 2 aromatic rings. The van der Waals surface area contributed by atoms with Crippen molar-refractivity contribution in [2.45, 2.75) is 22.5 Å². The average molecular weight is 354 g/mol. The molecule has 9 heteroatoms. The fourth-order valence-corrected chi connectivity index (χ4v) is 2.52. The van der Waals surface area contributed by atoms with Gasteiger partial charge in [0.05, 0.1) is 0 Å². The Hall–Kier alpha value is -2.03. The molecule has 0 aliphatic carbocycles. The van der Waals surface area contributed by atoms with Gasteiger partial charge in [-0.25, -0.2) is 0 Å². The second-order valence-corrected chi connectivity index (χ2v) is 5.29. The van der Waals surface area contributed by atoms with Crippen LogP contribution in [0.1, 0.15) is 0 Å². The molecule has 0 fully saturated rings. The summed E-state index contributed by atoms with van der Waals surface area (Å²) in [6, 6.07) is 10.2. The van der Waals surface area contributed by atoms with Gasteiger partial charge in [0.1, 0.15) is 11.5 Å². The van der Waals surface area contributed by atoms with Crippen molar-refractivity contribution in [3.05, 3.63) is 48.5 Å². The van der Waals surface area contributed by atoms with E-state index in [0.717, 1.165) is 36.0 Å². The highest BCUT2D eigenvalue weighted by molar-refractivity contribution is 7.99. The van der Waals surface area contributed by atoms with Crippen molar-refractivity contribution in [3.8, 4) is 11.5 Å². The van der Waals surface area contributed by atoms with E-state index in [1.54, 1.807) is 0 Å². The summed E-state index contributed by atoms with van der Waals surface area (Å²) in [5.74, 6) is -0.824. The molecule has 0 heterocycles. The molecule has 0 spiro atoms. The minimum absolute atomic E-state index is 0.371. The van der Waals surface area contributed by atoms with Crippen LogP contribution in [0.15, 0.2) is 58.3 Å². The van der Waals surface area contributed by atoms with Crippen LogP contribution in [-0.2, 0) is 0 Å². The largest absolute Gasteiger partial charge is 0.573 e. The molecule has 124 valence electrons. The maximum absolute atomic E-state index is 12.2. The molecule has 0 radical (unpaired) electrons. The van der Waals surface area contributed by atoms with E-state index in [9.17, 15) is 26.3 Å². The molecule has 0 aliphatic heterocycles. The lowest BCUT2D eigenvalue weighted by atomic mass is 10.3. The molecule has 0 aliphatic rings. The number of rotatable bonds is 4. The Balaban J connectivity index is 2.13. The van der Waals surface area contributed by atoms with Gasteiger partial charge in [-0.15, -0.1) is 26.3 Å². The van der Waals surface area contributed by atoms with E-state index >= 15 is 0 Å². The van der Waals surface area contributed by atoms with Gasteiger partial charge in [-0.2, -0.15) is 0 Å². The number of alkyl halides is 6. The van der Waals surface area contributed by atoms with Crippen LogP contribution < -0.4 is 9.47 Å². The summed E-state index contributed by atoms with van der Waals surface area (Å²) >= 11 is 0.973. The third-order valence-corrected chi connectivity index (χ3v) is 3.29. The van der Waals surface area contributed by atoms with E-state index in [4.69, 9.17) is 0 Å². The van der Waals surface area contributed by atoms with Crippen LogP contribution in [0.2, 0.25) is 0 Å². The second kappa shape index (κ2) is 6.61. The molecule has 0 unspecified atom stereocenters. The molecule has 0 aromatic heterocycles. The molecule has 0 bridgehead atoms. The maximum Gasteiger partial charge on any atom is 0.573 e. The van der Waals surface area contributed by atoms with E-state index in [1.807, 2.05) is 0 Å². The van der Waals surface area contributed by atoms with Gasteiger partial charge in [-0.05, 0) is 36.4 Å². The van der Waals surface area contributed by atoms with Crippen LogP contribution in [0.25, 0.3) is 0 Å². The normalized spacial score (nSPS) is 12.1. The summed E-state index contributed by atoms with van der Waals surface area (Å²) in [6.45, 7) is 0. The zero-order valence-electron chi connectivity index (χ0n) is 11.1. The van der Waals surface area contributed by atoms with Crippen LogP contribution >= 0.6 is 11.8 Å². The Kier molecular flexibility index (Phi) is 4.98. The quantitative estimate of drug-likeness (QED) is 0.663. The highest BCUT2D eigenvalue weighted by Gasteiger charge is 2.31. The van der Waals surface area contributed by atoms with Gasteiger partial charge in [0, 0.05) is 9.79 Å². The molecule has 0 amide bonds. The molecule has 23 heavy (non-hydrogen) atoms. The maximum atomic E-state index is 12.2. The van der Waals surface area contributed by atoms with Crippen LogP contribution in [0, 0.1) is 0 Å². The molecular formula is C14H8F6O2S. The zero-order chi connectivity index (χ0) is 17.1. The monoisotopic (exact) mass is 354 g/mol. The summed E-state index contributed by atoms with van der Waals surface area (Å²) < 4.78 is 80.5. The third kappa shape index (κ3) is 6.31. The number of hydrogen-bond acceptors (Lipinski definition) is 3. The molecular weight excluding hydrogens is 346 g/mol. The van der Waals surface area contributed by atoms with Gasteiger partial charge in [0.25, 0.3) is 0 Å². The minimum Gasteiger partial charge on any atom is -0.406 e. The average Bonchev–Trinajstić information content (AvgIpc) is 2.35. The van der Waals surface area contributed by atoms with Crippen LogP contribution in [-0.4, -0.2) is 12.7 Å². The molecule has 0 N–H and O–H groups in total. The van der Waals surface area contributed by atoms with Crippen molar-refractivity contribution >= 4 is 11.8 Å². The topological polar surface area (TPSA) is 18.5 Å². The number of hydrogen-bond donors (Lipinski definition) is 0. The first-order chi connectivity index (χ1) is 10.6. The number of benzene rings is 2. The smallest absolute Gasteiger partial charge is 0.406 e. The van der Waals surface area contributed by atoms with Gasteiger partial charge in [-0.1, -0.05) is 23.9 Å². The summed E-state index contributed by atoms with van der Waals surface area (Å²) in [6.07, 6.45) is -9.63. The van der Waals surface area contributed by atoms with E-state index < -0.39 is 24.2 Å². The lowest BCUT2D eigenvalue weighted by Crippen LogP contribution is -2.17. The molecule has 0 atom stereocenters. The highest BCUT2D eigenvalue weighted by atomic mass is 32.2. The zero-order valence-corrected chi connectivity index (χ0v) is 11.9. The highest BCUT2D eigenvalue weighted by Crippen LogP contribution is 2.34. The lowest BCUT2D eigenvalue weighted by Gasteiger charge is -2.11. The minimum atomic E-state index is -4.82. The van der Waals surface area contributed by atoms with Crippen molar-refractivity contribution in [2.24, 2.45) is 0 Å². The summed E-state index contributed by atoms with van der Waals surface area (Å²) in [5, 5.41) is 0. The van der Waals surface area contributed by atoms with Crippen LogP contribution in [0.3, 0.4) is 0 Å². The number of ether oxygens (including phenoxy) is 2. The SMILES string of the molecule is FC(F)(F)Oc1cccc(Sc2cccc(OC(F)(F)F)c2)c1. The third-order valence-electron chi connectivity index (χ3n) is 2.31. The Labute approximate surface area is 131 Å². The predicted molar refractivity (Wildman–Crippen MR) is 70.4 cm³/mol. The molecule has 0 saturated carbocycles.